The fourth-order valence-corrected chi connectivity index (χ4v) is 2.78. The zero-order chi connectivity index (χ0) is 16.8. The van der Waals surface area contributed by atoms with Crippen LogP contribution in [0.3, 0.4) is 0 Å². The van der Waals surface area contributed by atoms with Gasteiger partial charge in [-0.05, 0) is 18.4 Å². The van der Waals surface area contributed by atoms with Crippen molar-refractivity contribution in [2.45, 2.75) is 25.5 Å². The Bertz CT molecular complexity index is 552. The van der Waals surface area contributed by atoms with Gasteiger partial charge in [-0.3, -0.25) is 14.5 Å². The SMILES string of the molecule is O=C(CN1CCN(C(=O)COCc2ccccc2)CC1)NC1CC1. The van der Waals surface area contributed by atoms with Crippen molar-refractivity contribution in [3.05, 3.63) is 35.9 Å². The summed E-state index contributed by atoms with van der Waals surface area (Å²) in [5, 5.41) is 3.00. The minimum Gasteiger partial charge on any atom is -0.367 e. The lowest BCUT2D eigenvalue weighted by Crippen LogP contribution is -2.52. The minimum absolute atomic E-state index is 0.0213. The maximum atomic E-state index is 12.2. The molecule has 2 aliphatic rings. The number of amides is 2. The maximum Gasteiger partial charge on any atom is 0.248 e. The highest BCUT2D eigenvalue weighted by Crippen LogP contribution is 2.18. The summed E-state index contributed by atoms with van der Waals surface area (Å²) in [6.45, 7) is 3.79. The summed E-state index contributed by atoms with van der Waals surface area (Å²) < 4.78 is 5.51. The molecule has 0 radical (unpaired) electrons. The second-order valence-corrected chi connectivity index (χ2v) is 6.48. The summed E-state index contributed by atoms with van der Waals surface area (Å²) in [4.78, 5) is 27.9. The molecule has 1 aromatic carbocycles. The number of hydrogen-bond acceptors (Lipinski definition) is 4. The molecule has 2 amide bonds. The largest absolute Gasteiger partial charge is 0.367 e. The molecule has 0 aromatic heterocycles. The van der Waals surface area contributed by atoms with Gasteiger partial charge in [-0.2, -0.15) is 0 Å². The van der Waals surface area contributed by atoms with E-state index in [0.717, 1.165) is 31.5 Å². The van der Waals surface area contributed by atoms with E-state index in [-0.39, 0.29) is 18.4 Å². The Kier molecular flexibility index (Phi) is 5.82. The first kappa shape index (κ1) is 16.9. The first-order valence-corrected chi connectivity index (χ1v) is 8.62. The van der Waals surface area contributed by atoms with E-state index < -0.39 is 0 Å². The van der Waals surface area contributed by atoms with E-state index in [9.17, 15) is 9.59 Å². The maximum absolute atomic E-state index is 12.2. The number of benzene rings is 1. The highest BCUT2D eigenvalue weighted by atomic mass is 16.5. The quantitative estimate of drug-likeness (QED) is 0.796. The van der Waals surface area contributed by atoms with Crippen molar-refractivity contribution < 1.29 is 14.3 Å². The van der Waals surface area contributed by atoms with Crippen LogP contribution in [0, 0.1) is 0 Å². The molecule has 1 N–H and O–H groups in total. The van der Waals surface area contributed by atoms with Crippen LogP contribution >= 0.6 is 0 Å². The molecule has 6 nitrogen and oxygen atoms in total. The molecule has 3 rings (SSSR count). The van der Waals surface area contributed by atoms with Gasteiger partial charge < -0.3 is 15.0 Å². The van der Waals surface area contributed by atoms with Crippen molar-refractivity contribution in [2.75, 3.05) is 39.3 Å². The molecule has 0 unspecified atom stereocenters. The number of nitrogens with zero attached hydrogens (tertiary/aromatic N) is 2. The minimum atomic E-state index is 0.0213. The van der Waals surface area contributed by atoms with E-state index in [4.69, 9.17) is 4.74 Å². The monoisotopic (exact) mass is 331 g/mol. The third-order valence-electron chi connectivity index (χ3n) is 4.37. The molecular formula is C18H25N3O3. The average molecular weight is 331 g/mol. The normalized spacial score (nSPS) is 18.4. The van der Waals surface area contributed by atoms with E-state index >= 15 is 0 Å². The second-order valence-electron chi connectivity index (χ2n) is 6.48. The molecule has 24 heavy (non-hydrogen) atoms. The van der Waals surface area contributed by atoms with E-state index in [1.807, 2.05) is 35.2 Å². The molecule has 1 aliphatic carbocycles. The van der Waals surface area contributed by atoms with Gasteiger partial charge in [0.1, 0.15) is 6.61 Å². The molecule has 6 heteroatoms. The molecule has 130 valence electrons. The summed E-state index contributed by atoms with van der Waals surface area (Å²) in [5.74, 6) is 0.122. The number of carbonyl (C=O) groups excluding carboxylic acids is 2. The van der Waals surface area contributed by atoms with Gasteiger partial charge >= 0.3 is 0 Å². The Balaban J connectivity index is 1.31. The number of nitrogens with one attached hydrogen (secondary N) is 1. The van der Waals surface area contributed by atoms with Crippen LogP contribution in [-0.4, -0.2) is 67.0 Å². The van der Waals surface area contributed by atoms with Gasteiger partial charge in [0.05, 0.1) is 13.2 Å². The zero-order valence-electron chi connectivity index (χ0n) is 13.9. The smallest absolute Gasteiger partial charge is 0.248 e. The van der Waals surface area contributed by atoms with Crippen LogP contribution in [0.4, 0.5) is 0 Å². The van der Waals surface area contributed by atoms with E-state index in [1.165, 1.54) is 0 Å². The van der Waals surface area contributed by atoms with Gasteiger partial charge in [-0.15, -0.1) is 0 Å². The van der Waals surface area contributed by atoms with Gasteiger partial charge in [0, 0.05) is 32.2 Å². The Morgan fingerprint density at radius 1 is 1.08 bits per heavy atom. The lowest BCUT2D eigenvalue weighted by molar-refractivity contribution is -0.138. The molecule has 1 saturated carbocycles. The number of hydrogen-bond donors (Lipinski definition) is 1. The molecule has 0 atom stereocenters. The lowest BCUT2D eigenvalue weighted by atomic mass is 10.2. The Hall–Kier alpha value is -1.92. The molecule has 1 saturated heterocycles. The van der Waals surface area contributed by atoms with Gasteiger partial charge in [0.2, 0.25) is 11.8 Å². The van der Waals surface area contributed by atoms with Gasteiger partial charge in [0.25, 0.3) is 0 Å². The first-order valence-electron chi connectivity index (χ1n) is 8.62. The molecule has 1 heterocycles. The second kappa shape index (κ2) is 8.26. The summed E-state index contributed by atoms with van der Waals surface area (Å²) in [6.07, 6.45) is 2.22. The van der Waals surface area contributed by atoms with Gasteiger partial charge in [-0.1, -0.05) is 30.3 Å². The average Bonchev–Trinajstić information content (AvgIpc) is 3.40. The van der Waals surface area contributed by atoms with Crippen LogP contribution in [0.2, 0.25) is 0 Å². The number of ether oxygens (including phenoxy) is 1. The lowest BCUT2D eigenvalue weighted by Gasteiger charge is -2.34. The fraction of sp³-hybridized carbons (Fsp3) is 0.556. The summed E-state index contributed by atoms with van der Waals surface area (Å²) >= 11 is 0. The molecule has 0 bridgehead atoms. The van der Waals surface area contributed by atoms with E-state index in [2.05, 4.69) is 10.2 Å². The number of piperazine rings is 1. The third-order valence-corrected chi connectivity index (χ3v) is 4.37. The van der Waals surface area contributed by atoms with Crippen molar-refractivity contribution in [3.8, 4) is 0 Å². The third kappa shape index (κ3) is 5.32. The van der Waals surface area contributed by atoms with Crippen LogP contribution in [0.5, 0.6) is 0 Å². The van der Waals surface area contributed by atoms with Crippen molar-refractivity contribution >= 4 is 11.8 Å². The van der Waals surface area contributed by atoms with Crippen LogP contribution in [-0.2, 0) is 20.9 Å². The predicted octanol–water partition coefficient (Wildman–Crippen LogP) is 0.626. The van der Waals surface area contributed by atoms with Crippen LogP contribution in [0.15, 0.2) is 30.3 Å². The predicted molar refractivity (Wildman–Crippen MR) is 90.3 cm³/mol. The van der Waals surface area contributed by atoms with E-state index in [1.54, 1.807) is 0 Å². The summed E-state index contributed by atoms with van der Waals surface area (Å²) in [6, 6.07) is 10.2. The Morgan fingerprint density at radius 3 is 2.46 bits per heavy atom. The summed E-state index contributed by atoms with van der Waals surface area (Å²) in [7, 11) is 0. The standard InChI is InChI=1S/C18H25N3O3/c22-17(19-16-6-7-16)12-20-8-10-21(11-9-20)18(23)14-24-13-15-4-2-1-3-5-15/h1-5,16H,6-14H2,(H,19,22). The topological polar surface area (TPSA) is 61.9 Å². The van der Waals surface area contributed by atoms with Gasteiger partial charge in [-0.25, -0.2) is 0 Å². The molecule has 2 fully saturated rings. The zero-order valence-corrected chi connectivity index (χ0v) is 13.9. The van der Waals surface area contributed by atoms with Crippen LogP contribution < -0.4 is 5.32 Å². The summed E-state index contributed by atoms with van der Waals surface area (Å²) in [5.41, 5.74) is 1.07. The fourth-order valence-electron chi connectivity index (χ4n) is 2.78. The van der Waals surface area contributed by atoms with Crippen LogP contribution in [0.25, 0.3) is 0 Å². The number of carbonyl (C=O) groups is 2. The van der Waals surface area contributed by atoms with Crippen molar-refractivity contribution in [1.82, 2.24) is 15.1 Å². The highest BCUT2D eigenvalue weighted by molar-refractivity contribution is 5.79. The molecule has 1 aromatic rings. The first-order chi connectivity index (χ1) is 11.7. The number of rotatable bonds is 7. The van der Waals surface area contributed by atoms with E-state index in [0.29, 0.717) is 32.3 Å². The van der Waals surface area contributed by atoms with Crippen molar-refractivity contribution in [1.29, 1.82) is 0 Å². The van der Waals surface area contributed by atoms with Crippen molar-refractivity contribution in [2.24, 2.45) is 0 Å². The molecular weight excluding hydrogens is 306 g/mol. The Morgan fingerprint density at radius 2 is 1.79 bits per heavy atom. The molecule has 0 spiro atoms. The highest BCUT2D eigenvalue weighted by Gasteiger charge is 2.26. The van der Waals surface area contributed by atoms with Crippen LogP contribution in [0.1, 0.15) is 18.4 Å². The Labute approximate surface area is 142 Å². The van der Waals surface area contributed by atoms with Crippen molar-refractivity contribution in [3.63, 3.8) is 0 Å². The molecule has 1 aliphatic heterocycles. The van der Waals surface area contributed by atoms with Gasteiger partial charge in [0.15, 0.2) is 0 Å².